The number of fused-ring (bicyclic) bond motifs is 1. The molecule has 2 aliphatic heterocycles. The van der Waals surface area contributed by atoms with E-state index in [1.54, 1.807) is 13.4 Å². The molecule has 5 heterocycles. The molecule has 0 unspecified atom stereocenters. The Kier molecular flexibility index (Phi) is 5.89. The molecule has 6 rings (SSSR count). The van der Waals surface area contributed by atoms with Gasteiger partial charge in [-0.25, -0.2) is 28.4 Å². The summed E-state index contributed by atoms with van der Waals surface area (Å²) in [5.74, 6) is -0.464. The molecule has 0 amide bonds. The molecule has 0 spiro atoms. The summed E-state index contributed by atoms with van der Waals surface area (Å²) in [4.78, 5) is 15.9. The van der Waals surface area contributed by atoms with Gasteiger partial charge >= 0.3 is 0 Å². The SMILES string of the molecule is COc1nc(-c2nc3n(n2)CCC[C@H]3c2ccc(N3CCC(F)(F)CC3)cc2)ccc1-n1cnc(C)c1. The fraction of sp³-hybridized carbons (Fsp3) is 0.407. The topological polar surface area (TPSA) is 73.9 Å². The number of methoxy groups -OCH3 is 1. The number of pyridine rings is 1. The average molecular weight is 506 g/mol. The van der Waals surface area contributed by atoms with E-state index in [0.29, 0.717) is 30.5 Å². The van der Waals surface area contributed by atoms with Gasteiger partial charge in [-0.15, -0.1) is 5.10 Å². The van der Waals surface area contributed by atoms with Crippen molar-refractivity contribution in [3.8, 4) is 23.1 Å². The molecule has 0 N–H and O–H groups in total. The van der Waals surface area contributed by atoms with Gasteiger partial charge in [0.1, 0.15) is 17.2 Å². The van der Waals surface area contributed by atoms with Crippen LogP contribution in [-0.2, 0) is 6.54 Å². The Balaban J connectivity index is 1.25. The number of piperidine rings is 1. The van der Waals surface area contributed by atoms with Gasteiger partial charge in [0, 0.05) is 50.3 Å². The molecule has 1 atom stereocenters. The number of hydrogen-bond acceptors (Lipinski definition) is 6. The van der Waals surface area contributed by atoms with Crippen molar-refractivity contribution < 1.29 is 13.5 Å². The molecule has 0 radical (unpaired) electrons. The lowest BCUT2D eigenvalue weighted by atomic mass is 9.91. The summed E-state index contributed by atoms with van der Waals surface area (Å²) in [5, 5.41) is 4.77. The van der Waals surface area contributed by atoms with Crippen molar-refractivity contribution in [3.05, 3.63) is 66.0 Å². The van der Waals surface area contributed by atoms with E-state index in [1.165, 1.54) is 0 Å². The Morgan fingerprint density at radius 1 is 1.00 bits per heavy atom. The summed E-state index contributed by atoms with van der Waals surface area (Å²) < 4.78 is 36.5. The van der Waals surface area contributed by atoms with Gasteiger partial charge in [-0.2, -0.15) is 0 Å². The second-order valence-corrected chi connectivity index (χ2v) is 9.79. The monoisotopic (exact) mass is 505 g/mol. The van der Waals surface area contributed by atoms with Gasteiger partial charge in [-0.05, 0) is 49.6 Å². The zero-order valence-corrected chi connectivity index (χ0v) is 20.9. The minimum absolute atomic E-state index is 0.0922. The van der Waals surface area contributed by atoms with E-state index in [9.17, 15) is 8.78 Å². The smallest absolute Gasteiger partial charge is 0.251 e. The Labute approximate surface area is 213 Å². The third kappa shape index (κ3) is 4.56. The van der Waals surface area contributed by atoms with Crippen LogP contribution in [0.2, 0.25) is 0 Å². The number of alkyl halides is 2. The highest BCUT2D eigenvalue weighted by Crippen LogP contribution is 2.36. The minimum atomic E-state index is -2.54. The van der Waals surface area contributed by atoms with E-state index < -0.39 is 5.92 Å². The molecular formula is C27H29F2N7O. The largest absolute Gasteiger partial charge is 0.479 e. The van der Waals surface area contributed by atoms with E-state index >= 15 is 0 Å². The zero-order valence-electron chi connectivity index (χ0n) is 20.9. The number of aryl methyl sites for hydroxylation is 2. The predicted octanol–water partition coefficient (Wildman–Crippen LogP) is 5.00. The average Bonchev–Trinajstić information content (AvgIpc) is 3.55. The number of anilines is 1. The van der Waals surface area contributed by atoms with E-state index in [2.05, 4.69) is 17.1 Å². The molecule has 192 valence electrons. The second kappa shape index (κ2) is 9.24. The second-order valence-electron chi connectivity index (χ2n) is 9.79. The number of halogens is 2. The Hall–Kier alpha value is -3.82. The fourth-order valence-corrected chi connectivity index (χ4v) is 5.24. The number of hydrogen-bond donors (Lipinski definition) is 0. The van der Waals surface area contributed by atoms with E-state index in [4.69, 9.17) is 19.8 Å². The van der Waals surface area contributed by atoms with Crippen LogP contribution in [-0.4, -0.2) is 55.4 Å². The van der Waals surface area contributed by atoms with Crippen molar-refractivity contribution >= 4 is 5.69 Å². The standard InChI is InChI=1S/C27H29F2N7O/c1-18-16-35(17-30-18)23-10-9-22(31-26(23)37-2)24-32-25-21(4-3-13-36(25)33-24)19-5-7-20(8-6-19)34-14-11-27(28,29)12-15-34/h5-10,16-17,21H,3-4,11-15H2,1-2H3/t21-/m0/s1. The molecule has 3 aromatic heterocycles. The van der Waals surface area contributed by atoms with Gasteiger partial charge in [0.05, 0.1) is 19.1 Å². The summed E-state index contributed by atoms with van der Waals surface area (Å²) >= 11 is 0. The molecule has 1 fully saturated rings. The van der Waals surface area contributed by atoms with Crippen molar-refractivity contribution in [1.82, 2.24) is 29.3 Å². The van der Waals surface area contributed by atoms with Crippen LogP contribution in [0.1, 0.15) is 48.7 Å². The summed E-state index contributed by atoms with van der Waals surface area (Å²) in [6, 6.07) is 12.1. The fourth-order valence-electron chi connectivity index (χ4n) is 5.24. The molecule has 10 heteroatoms. The van der Waals surface area contributed by atoms with Gasteiger partial charge < -0.3 is 14.2 Å². The van der Waals surface area contributed by atoms with Crippen LogP contribution in [0.3, 0.4) is 0 Å². The Morgan fingerprint density at radius 3 is 2.49 bits per heavy atom. The van der Waals surface area contributed by atoms with Crippen LogP contribution in [0.25, 0.3) is 17.2 Å². The first-order chi connectivity index (χ1) is 17.9. The highest BCUT2D eigenvalue weighted by atomic mass is 19.3. The maximum Gasteiger partial charge on any atom is 0.251 e. The molecule has 0 aliphatic carbocycles. The predicted molar refractivity (Wildman–Crippen MR) is 136 cm³/mol. The van der Waals surface area contributed by atoms with Crippen LogP contribution >= 0.6 is 0 Å². The number of ether oxygens (including phenoxy) is 1. The molecule has 37 heavy (non-hydrogen) atoms. The van der Waals surface area contributed by atoms with Crippen molar-refractivity contribution in [1.29, 1.82) is 0 Å². The molecule has 0 saturated carbocycles. The van der Waals surface area contributed by atoms with E-state index in [0.717, 1.165) is 47.8 Å². The lowest BCUT2D eigenvalue weighted by molar-refractivity contribution is -0.0220. The first-order valence-corrected chi connectivity index (χ1v) is 12.6. The van der Waals surface area contributed by atoms with Crippen LogP contribution in [0, 0.1) is 6.92 Å². The van der Waals surface area contributed by atoms with Crippen LogP contribution in [0.4, 0.5) is 14.5 Å². The van der Waals surface area contributed by atoms with E-state index in [1.807, 2.05) is 51.5 Å². The molecule has 2 aliphatic rings. The van der Waals surface area contributed by atoms with Crippen LogP contribution < -0.4 is 9.64 Å². The lowest BCUT2D eigenvalue weighted by Gasteiger charge is -2.33. The molecule has 8 nitrogen and oxygen atoms in total. The normalized spacial score (nSPS) is 19.0. The Morgan fingerprint density at radius 2 is 1.78 bits per heavy atom. The molecule has 1 aromatic carbocycles. The minimum Gasteiger partial charge on any atom is -0.479 e. The van der Waals surface area contributed by atoms with Gasteiger partial charge in [-0.3, -0.25) is 0 Å². The number of rotatable bonds is 5. The van der Waals surface area contributed by atoms with Crippen molar-refractivity contribution in [2.24, 2.45) is 0 Å². The maximum absolute atomic E-state index is 13.5. The summed E-state index contributed by atoms with van der Waals surface area (Å²) in [5.41, 5.74) is 4.50. The third-order valence-corrected chi connectivity index (χ3v) is 7.28. The van der Waals surface area contributed by atoms with Gasteiger partial charge in [-0.1, -0.05) is 12.1 Å². The lowest BCUT2D eigenvalue weighted by Crippen LogP contribution is -2.39. The van der Waals surface area contributed by atoms with Crippen LogP contribution in [0.15, 0.2) is 48.9 Å². The molecular weight excluding hydrogens is 476 g/mol. The summed E-state index contributed by atoms with van der Waals surface area (Å²) in [6.07, 6.45) is 5.44. The number of nitrogens with zero attached hydrogens (tertiary/aromatic N) is 7. The van der Waals surface area contributed by atoms with Crippen molar-refractivity contribution in [3.63, 3.8) is 0 Å². The quantitative estimate of drug-likeness (QED) is 0.380. The first kappa shape index (κ1) is 23.6. The molecule has 1 saturated heterocycles. The number of aromatic nitrogens is 6. The van der Waals surface area contributed by atoms with Crippen molar-refractivity contribution in [2.45, 2.75) is 51.0 Å². The maximum atomic E-state index is 13.5. The van der Waals surface area contributed by atoms with Crippen molar-refractivity contribution in [2.75, 3.05) is 25.1 Å². The number of benzene rings is 1. The van der Waals surface area contributed by atoms with Crippen LogP contribution in [0.5, 0.6) is 5.88 Å². The van der Waals surface area contributed by atoms with Gasteiger partial charge in [0.2, 0.25) is 5.88 Å². The zero-order chi connectivity index (χ0) is 25.6. The highest BCUT2D eigenvalue weighted by Gasteiger charge is 2.34. The number of imidazole rings is 1. The first-order valence-electron chi connectivity index (χ1n) is 12.6. The highest BCUT2D eigenvalue weighted by molar-refractivity contribution is 5.56. The Bertz CT molecular complexity index is 1400. The third-order valence-electron chi connectivity index (χ3n) is 7.28. The molecule has 0 bridgehead atoms. The summed E-state index contributed by atoms with van der Waals surface area (Å²) in [7, 11) is 1.60. The summed E-state index contributed by atoms with van der Waals surface area (Å²) in [6.45, 7) is 3.50. The van der Waals surface area contributed by atoms with Gasteiger partial charge in [0.15, 0.2) is 5.82 Å². The van der Waals surface area contributed by atoms with E-state index in [-0.39, 0.29) is 18.8 Å². The molecule has 4 aromatic rings. The van der Waals surface area contributed by atoms with Gasteiger partial charge in [0.25, 0.3) is 5.92 Å².